The summed E-state index contributed by atoms with van der Waals surface area (Å²) in [7, 11) is 0. The third-order valence-electron chi connectivity index (χ3n) is 4.35. The van der Waals surface area contributed by atoms with Crippen molar-refractivity contribution in [1.29, 1.82) is 0 Å². The third kappa shape index (κ3) is 3.74. The molecule has 1 aromatic rings. The Hall–Kier alpha value is -1.59. The summed E-state index contributed by atoms with van der Waals surface area (Å²) in [6.45, 7) is 7.60. The highest BCUT2D eigenvalue weighted by Gasteiger charge is 2.25. The average Bonchev–Trinajstić information content (AvgIpc) is 2.57. The highest BCUT2D eigenvalue weighted by atomic mass is 16.5. The molecule has 0 saturated carbocycles. The monoisotopic (exact) mass is 290 g/mol. The SMILES string of the molecule is O=C(C[NH+]1CCOCC1)N1CCN(c2ccccc2)CC1. The van der Waals surface area contributed by atoms with Crippen molar-refractivity contribution in [2.75, 3.05) is 63.9 Å². The standard InChI is InChI=1S/C16H23N3O2/c20-16(14-17-10-12-21-13-11-17)19-8-6-18(7-9-19)15-4-2-1-3-5-15/h1-5H,6-14H2/p+1. The number of benzene rings is 1. The first-order valence-electron chi connectivity index (χ1n) is 7.82. The third-order valence-corrected chi connectivity index (χ3v) is 4.35. The lowest BCUT2D eigenvalue weighted by Gasteiger charge is -2.36. The lowest BCUT2D eigenvalue weighted by atomic mass is 10.2. The van der Waals surface area contributed by atoms with Gasteiger partial charge >= 0.3 is 0 Å². The number of anilines is 1. The second-order valence-electron chi connectivity index (χ2n) is 5.74. The minimum atomic E-state index is 0.291. The van der Waals surface area contributed by atoms with E-state index in [4.69, 9.17) is 4.74 Å². The maximum Gasteiger partial charge on any atom is 0.277 e. The van der Waals surface area contributed by atoms with Gasteiger partial charge in [0.05, 0.1) is 13.2 Å². The predicted molar refractivity (Wildman–Crippen MR) is 81.6 cm³/mol. The number of carbonyl (C=O) groups excluding carboxylic acids is 1. The number of nitrogens with zero attached hydrogens (tertiary/aromatic N) is 2. The molecule has 0 spiro atoms. The molecule has 114 valence electrons. The molecule has 5 nitrogen and oxygen atoms in total. The topological polar surface area (TPSA) is 37.2 Å². The van der Waals surface area contributed by atoms with Crippen LogP contribution in [0.25, 0.3) is 0 Å². The molecular weight excluding hydrogens is 266 g/mol. The Balaban J connectivity index is 1.47. The lowest BCUT2D eigenvalue weighted by molar-refractivity contribution is -0.900. The Morgan fingerprint density at radius 3 is 2.38 bits per heavy atom. The zero-order valence-electron chi connectivity index (χ0n) is 12.5. The lowest BCUT2D eigenvalue weighted by Crippen LogP contribution is -3.15. The second-order valence-corrected chi connectivity index (χ2v) is 5.74. The molecule has 0 radical (unpaired) electrons. The Labute approximate surface area is 126 Å². The molecule has 3 rings (SSSR count). The summed E-state index contributed by atoms with van der Waals surface area (Å²) < 4.78 is 5.34. The van der Waals surface area contributed by atoms with Gasteiger partial charge in [0, 0.05) is 31.9 Å². The van der Waals surface area contributed by atoms with Crippen LogP contribution in [0.15, 0.2) is 30.3 Å². The van der Waals surface area contributed by atoms with E-state index < -0.39 is 0 Å². The fourth-order valence-corrected chi connectivity index (χ4v) is 3.02. The molecule has 0 bridgehead atoms. The van der Waals surface area contributed by atoms with E-state index in [9.17, 15) is 4.79 Å². The normalized spacial score (nSPS) is 20.6. The fraction of sp³-hybridized carbons (Fsp3) is 0.562. The Kier molecular flexibility index (Phi) is 4.72. The zero-order valence-corrected chi connectivity index (χ0v) is 12.5. The van der Waals surface area contributed by atoms with Crippen molar-refractivity contribution in [3.8, 4) is 0 Å². The van der Waals surface area contributed by atoms with Crippen LogP contribution in [0.5, 0.6) is 0 Å². The number of amides is 1. The first-order valence-corrected chi connectivity index (χ1v) is 7.82. The summed E-state index contributed by atoms with van der Waals surface area (Å²) in [5, 5.41) is 0. The molecule has 0 atom stereocenters. The van der Waals surface area contributed by atoms with Crippen molar-refractivity contribution in [2.45, 2.75) is 0 Å². The van der Waals surface area contributed by atoms with Crippen molar-refractivity contribution in [3.63, 3.8) is 0 Å². The van der Waals surface area contributed by atoms with Crippen molar-refractivity contribution >= 4 is 11.6 Å². The van der Waals surface area contributed by atoms with Gasteiger partial charge in [0.1, 0.15) is 13.1 Å². The number of hydrogen-bond donors (Lipinski definition) is 1. The summed E-state index contributed by atoms with van der Waals surface area (Å²) >= 11 is 0. The van der Waals surface area contributed by atoms with Crippen LogP contribution in [0.2, 0.25) is 0 Å². The first kappa shape index (κ1) is 14.4. The highest BCUT2D eigenvalue weighted by Crippen LogP contribution is 2.15. The summed E-state index contributed by atoms with van der Waals surface area (Å²) in [5.41, 5.74) is 1.25. The van der Waals surface area contributed by atoms with Crippen LogP contribution in [0.4, 0.5) is 5.69 Å². The van der Waals surface area contributed by atoms with E-state index in [-0.39, 0.29) is 0 Å². The van der Waals surface area contributed by atoms with E-state index in [0.717, 1.165) is 52.5 Å². The molecule has 0 aliphatic carbocycles. The van der Waals surface area contributed by atoms with Gasteiger partial charge in [-0.2, -0.15) is 0 Å². The van der Waals surface area contributed by atoms with Crippen LogP contribution in [-0.2, 0) is 9.53 Å². The summed E-state index contributed by atoms with van der Waals surface area (Å²) in [6, 6.07) is 10.4. The number of nitrogens with one attached hydrogen (secondary N) is 1. The quantitative estimate of drug-likeness (QED) is 0.796. The number of piperazine rings is 1. The van der Waals surface area contributed by atoms with Gasteiger partial charge in [-0.25, -0.2) is 0 Å². The van der Waals surface area contributed by atoms with Crippen LogP contribution in [0, 0.1) is 0 Å². The van der Waals surface area contributed by atoms with Crippen molar-refractivity contribution in [1.82, 2.24) is 4.90 Å². The van der Waals surface area contributed by atoms with Crippen LogP contribution in [-0.4, -0.2) is 69.8 Å². The van der Waals surface area contributed by atoms with E-state index in [1.165, 1.54) is 10.6 Å². The van der Waals surface area contributed by atoms with Crippen LogP contribution < -0.4 is 9.80 Å². The molecule has 2 fully saturated rings. The van der Waals surface area contributed by atoms with Gasteiger partial charge in [-0.3, -0.25) is 4.79 Å². The molecule has 1 amide bonds. The number of rotatable bonds is 3. The van der Waals surface area contributed by atoms with Crippen molar-refractivity contribution in [3.05, 3.63) is 30.3 Å². The molecule has 5 heteroatoms. The number of hydrogen-bond acceptors (Lipinski definition) is 3. The summed E-state index contributed by atoms with van der Waals surface area (Å²) in [6.07, 6.45) is 0. The average molecular weight is 290 g/mol. The molecule has 2 aliphatic heterocycles. The number of carbonyl (C=O) groups is 1. The minimum absolute atomic E-state index is 0.291. The smallest absolute Gasteiger partial charge is 0.277 e. The summed E-state index contributed by atoms with van der Waals surface area (Å²) in [4.78, 5) is 18.1. The predicted octanol–water partition coefficient (Wildman–Crippen LogP) is -0.750. The van der Waals surface area contributed by atoms with E-state index >= 15 is 0 Å². The van der Waals surface area contributed by atoms with Crippen molar-refractivity contribution < 1.29 is 14.4 Å². The van der Waals surface area contributed by atoms with Gasteiger partial charge < -0.3 is 19.4 Å². The largest absolute Gasteiger partial charge is 0.370 e. The second kappa shape index (κ2) is 6.91. The summed E-state index contributed by atoms with van der Waals surface area (Å²) in [5.74, 6) is 0.291. The Morgan fingerprint density at radius 1 is 1.05 bits per heavy atom. The van der Waals surface area contributed by atoms with Crippen LogP contribution in [0.1, 0.15) is 0 Å². The van der Waals surface area contributed by atoms with Crippen LogP contribution >= 0.6 is 0 Å². The number of para-hydroxylation sites is 1. The maximum atomic E-state index is 12.4. The van der Waals surface area contributed by atoms with E-state index in [1.54, 1.807) is 0 Å². The van der Waals surface area contributed by atoms with Gasteiger partial charge in [-0.15, -0.1) is 0 Å². The maximum absolute atomic E-state index is 12.4. The van der Waals surface area contributed by atoms with Gasteiger partial charge in [-0.1, -0.05) is 18.2 Å². The van der Waals surface area contributed by atoms with E-state index in [2.05, 4.69) is 29.2 Å². The number of morpholine rings is 1. The molecule has 0 aromatic heterocycles. The molecule has 2 aliphatic rings. The fourth-order valence-electron chi connectivity index (χ4n) is 3.02. The molecule has 2 heterocycles. The van der Waals surface area contributed by atoms with E-state index in [1.807, 2.05) is 11.0 Å². The number of quaternary nitrogens is 1. The Bertz CT molecular complexity index is 452. The van der Waals surface area contributed by atoms with E-state index in [0.29, 0.717) is 12.5 Å². The Morgan fingerprint density at radius 2 is 1.71 bits per heavy atom. The van der Waals surface area contributed by atoms with Gasteiger partial charge in [-0.05, 0) is 12.1 Å². The molecule has 1 aromatic carbocycles. The molecule has 1 N–H and O–H groups in total. The van der Waals surface area contributed by atoms with Gasteiger partial charge in [0.2, 0.25) is 0 Å². The van der Waals surface area contributed by atoms with Gasteiger partial charge in [0.25, 0.3) is 5.91 Å². The van der Waals surface area contributed by atoms with Crippen LogP contribution in [0.3, 0.4) is 0 Å². The minimum Gasteiger partial charge on any atom is -0.370 e. The molecule has 0 unspecified atom stereocenters. The zero-order chi connectivity index (χ0) is 14.5. The molecule has 2 saturated heterocycles. The number of ether oxygens (including phenoxy) is 1. The molecular formula is C16H24N3O2+. The van der Waals surface area contributed by atoms with Crippen molar-refractivity contribution in [2.24, 2.45) is 0 Å². The first-order chi connectivity index (χ1) is 10.3. The van der Waals surface area contributed by atoms with Gasteiger partial charge in [0.15, 0.2) is 6.54 Å². The molecule has 21 heavy (non-hydrogen) atoms. The highest BCUT2D eigenvalue weighted by molar-refractivity contribution is 5.77.